The van der Waals surface area contributed by atoms with E-state index in [0.29, 0.717) is 11.3 Å². The Morgan fingerprint density at radius 3 is 2.61 bits per heavy atom. The van der Waals surface area contributed by atoms with E-state index < -0.39 is 6.61 Å². The van der Waals surface area contributed by atoms with Crippen molar-refractivity contribution < 1.29 is 23.0 Å². The van der Waals surface area contributed by atoms with Gasteiger partial charge in [0, 0.05) is 11.3 Å². The first kappa shape index (κ1) is 15.0. The van der Waals surface area contributed by atoms with Crippen LogP contribution >= 0.6 is 0 Å². The molecule has 1 heterocycles. The number of alkyl halides is 2. The number of para-hydroxylation sites is 1. The molecule has 0 fully saturated rings. The van der Waals surface area contributed by atoms with Gasteiger partial charge in [-0.15, -0.1) is 0 Å². The van der Waals surface area contributed by atoms with E-state index in [0.717, 1.165) is 11.3 Å². The van der Waals surface area contributed by atoms with Gasteiger partial charge in [-0.2, -0.15) is 8.78 Å². The Labute approximate surface area is 131 Å². The van der Waals surface area contributed by atoms with Gasteiger partial charge in [-0.3, -0.25) is 4.79 Å². The number of rotatable bonds is 4. The molecule has 1 N–H and O–H groups in total. The van der Waals surface area contributed by atoms with E-state index in [9.17, 15) is 13.6 Å². The van der Waals surface area contributed by atoms with Crippen molar-refractivity contribution in [1.82, 2.24) is 0 Å². The smallest absolute Gasteiger partial charge is 0.387 e. The van der Waals surface area contributed by atoms with Gasteiger partial charge in [-0.1, -0.05) is 18.2 Å². The number of anilines is 1. The zero-order valence-electron chi connectivity index (χ0n) is 12.0. The molecule has 1 aliphatic heterocycles. The number of halogens is 2. The summed E-state index contributed by atoms with van der Waals surface area (Å²) < 4.78 is 33.9. The van der Waals surface area contributed by atoms with Crippen LogP contribution in [0.25, 0.3) is 6.08 Å². The maximum atomic E-state index is 12.2. The molecular weight excluding hydrogens is 304 g/mol. The van der Waals surface area contributed by atoms with Crippen LogP contribution in [0.5, 0.6) is 11.5 Å². The molecule has 0 spiro atoms. The van der Waals surface area contributed by atoms with Crippen LogP contribution in [0.1, 0.15) is 5.56 Å². The number of fused-ring (bicyclic) bond motifs is 1. The van der Waals surface area contributed by atoms with Gasteiger partial charge < -0.3 is 14.8 Å². The fourth-order valence-corrected chi connectivity index (χ4v) is 2.18. The molecule has 0 atom stereocenters. The normalized spacial score (nSPS) is 12.9. The Hall–Kier alpha value is -2.89. The average molecular weight is 317 g/mol. The molecule has 2 aromatic rings. The second-order valence-corrected chi connectivity index (χ2v) is 4.85. The molecule has 0 aliphatic carbocycles. The summed E-state index contributed by atoms with van der Waals surface area (Å²) in [6.45, 7) is -2.70. The van der Waals surface area contributed by atoms with Crippen LogP contribution in [0.4, 0.5) is 14.5 Å². The van der Waals surface area contributed by atoms with Crippen molar-refractivity contribution in [3.8, 4) is 11.5 Å². The maximum Gasteiger partial charge on any atom is 0.387 e. The second-order valence-electron chi connectivity index (χ2n) is 4.85. The quantitative estimate of drug-likeness (QED) is 0.935. The van der Waals surface area contributed by atoms with Gasteiger partial charge in [0.1, 0.15) is 18.1 Å². The molecule has 0 aromatic heterocycles. The van der Waals surface area contributed by atoms with Crippen molar-refractivity contribution >= 4 is 17.7 Å². The number of nitrogens with one attached hydrogen (secondary N) is 1. The Bertz CT molecular complexity index is 742. The minimum absolute atomic E-state index is 0.0344. The Kier molecular flexibility index (Phi) is 4.23. The molecule has 3 rings (SSSR count). The lowest BCUT2D eigenvalue weighted by Crippen LogP contribution is -2.21. The number of carbonyl (C=O) groups excluding carboxylic acids is 1. The van der Waals surface area contributed by atoms with Crippen LogP contribution in [0.3, 0.4) is 0 Å². The molecule has 23 heavy (non-hydrogen) atoms. The summed E-state index contributed by atoms with van der Waals surface area (Å²) in [7, 11) is 0. The number of benzene rings is 2. The molecule has 118 valence electrons. The predicted octanol–water partition coefficient (Wildman–Crippen LogP) is 3.70. The first-order chi connectivity index (χ1) is 11.1. The number of amides is 1. The Morgan fingerprint density at radius 1 is 1.13 bits per heavy atom. The van der Waals surface area contributed by atoms with E-state index in [1.165, 1.54) is 24.3 Å². The lowest BCUT2D eigenvalue weighted by Gasteiger charge is -2.17. The van der Waals surface area contributed by atoms with Crippen molar-refractivity contribution in [2.75, 3.05) is 11.9 Å². The lowest BCUT2D eigenvalue weighted by atomic mass is 10.1. The highest BCUT2D eigenvalue weighted by atomic mass is 19.3. The second kappa shape index (κ2) is 6.48. The van der Waals surface area contributed by atoms with Crippen LogP contribution in [0.2, 0.25) is 0 Å². The van der Waals surface area contributed by atoms with Gasteiger partial charge in [0.05, 0.1) is 5.57 Å². The lowest BCUT2D eigenvalue weighted by molar-refractivity contribution is -0.113. The number of ether oxygens (including phenoxy) is 2. The van der Waals surface area contributed by atoms with Crippen molar-refractivity contribution in [2.24, 2.45) is 0 Å². The molecule has 6 heteroatoms. The zero-order valence-corrected chi connectivity index (χ0v) is 12.0. The zero-order chi connectivity index (χ0) is 16.2. The average Bonchev–Trinajstić information content (AvgIpc) is 2.55. The molecular formula is C17H13F2NO3. The topological polar surface area (TPSA) is 47.6 Å². The largest absolute Gasteiger partial charge is 0.488 e. The van der Waals surface area contributed by atoms with Crippen LogP contribution in [0.15, 0.2) is 54.1 Å². The van der Waals surface area contributed by atoms with E-state index in [-0.39, 0.29) is 18.3 Å². The van der Waals surface area contributed by atoms with Gasteiger partial charge in [0.2, 0.25) is 0 Å². The number of hydrogen-bond acceptors (Lipinski definition) is 3. The van der Waals surface area contributed by atoms with Gasteiger partial charge >= 0.3 is 6.61 Å². The molecule has 1 aliphatic rings. The molecule has 1 amide bonds. The summed E-state index contributed by atoms with van der Waals surface area (Å²) in [5, 5.41) is 2.69. The van der Waals surface area contributed by atoms with Crippen LogP contribution in [-0.2, 0) is 4.79 Å². The third kappa shape index (κ3) is 3.66. The molecule has 0 bridgehead atoms. The van der Waals surface area contributed by atoms with Gasteiger partial charge in [-0.25, -0.2) is 0 Å². The van der Waals surface area contributed by atoms with E-state index in [1.54, 1.807) is 6.08 Å². The monoisotopic (exact) mass is 317 g/mol. The molecule has 0 radical (unpaired) electrons. The molecule has 2 aromatic carbocycles. The summed E-state index contributed by atoms with van der Waals surface area (Å²) in [4.78, 5) is 12.2. The van der Waals surface area contributed by atoms with E-state index in [1.807, 2.05) is 24.3 Å². The fraction of sp³-hybridized carbons (Fsp3) is 0.118. The number of hydrogen-bond donors (Lipinski definition) is 1. The maximum absolute atomic E-state index is 12.2. The molecule has 4 nitrogen and oxygen atoms in total. The van der Waals surface area contributed by atoms with E-state index in [2.05, 4.69) is 10.1 Å². The van der Waals surface area contributed by atoms with Crippen LogP contribution in [0, 0.1) is 0 Å². The summed E-state index contributed by atoms with van der Waals surface area (Å²) >= 11 is 0. The van der Waals surface area contributed by atoms with Crippen molar-refractivity contribution in [2.45, 2.75) is 6.61 Å². The third-order valence-electron chi connectivity index (χ3n) is 3.26. The van der Waals surface area contributed by atoms with Gasteiger partial charge in [-0.05, 0) is 36.4 Å². The summed E-state index contributed by atoms with van der Waals surface area (Å²) in [6.07, 6.45) is 1.77. The number of carbonyl (C=O) groups is 1. The minimum atomic E-state index is -2.87. The predicted molar refractivity (Wildman–Crippen MR) is 81.6 cm³/mol. The summed E-state index contributed by atoms with van der Waals surface area (Å²) in [5.41, 5.74) is 1.80. The van der Waals surface area contributed by atoms with Gasteiger partial charge in [0.15, 0.2) is 0 Å². The fourth-order valence-electron chi connectivity index (χ4n) is 2.18. The Morgan fingerprint density at radius 2 is 1.87 bits per heavy atom. The summed E-state index contributed by atoms with van der Waals surface area (Å²) in [5.74, 6) is 0.465. The van der Waals surface area contributed by atoms with Gasteiger partial charge in [0.25, 0.3) is 5.91 Å². The van der Waals surface area contributed by atoms with Crippen LogP contribution < -0.4 is 14.8 Å². The van der Waals surface area contributed by atoms with E-state index in [4.69, 9.17) is 4.74 Å². The first-order valence-electron chi connectivity index (χ1n) is 6.90. The SMILES string of the molecule is O=C(Nc1ccc(OC(F)F)cc1)C1=Cc2ccccc2OC1. The summed E-state index contributed by atoms with van der Waals surface area (Å²) in [6, 6.07) is 13.1. The van der Waals surface area contributed by atoms with Crippen molar-refractivity contribution in [3.05, 3.63) is 59.7 Å². The van der Waals surface area contributed by atoms with E-state index >= 15 is 0 Å². The standard InChI is InChI=1S/C17H13F2NO3/c18-17(19)23-14-7-5-13(6-8-14)20-16(21)12-9-11-3-1-2-4-15(11)22-10-12/h1-9,17H,10H2,(H,20,21). The molecule has 0 saturated carbocycles. The van der Waals surface area contributed by atoms with Crippen LogP contribution in [-0.4, -0.2) is 19.1 Å². The third-order valence-corrected chi connectivity index (χ3v) is 3.26. The molecule has 0 unspecified atom stereocenters. The highest BCUT2D eigenvalue weighted by Crippen LogP contribution is 2.26. The Balaban J connectivity index is 1.69. The first-order valence-corrected chi connectivity index (χ1v) is 6.90. The highest BCUT2D eigenvalue weighted by Gasteiger charge is 2.17. The molecule has 0 saturated heterocycles. The van der Waals surface area contributed by atoms with Crippen molar-refractivity contribution in [3.63, 3.8) is 0 Å². The highest BCUT2D eigenvalue weighted by molar-refractivity contribution is 6.07. The van der Waals surface area contributed by atoms with Crippen molar-refractivity contribution in [1.29, 1.82) is 0 Å². The minimum Gasteiger partial charge on any atom is -0.488 e.